The predicted molar refractivity (Wildman–Crippen MR) is 106 cm³/mol. The van der Waals surface area contributed by atoms with E-state index in [1.807, 2.05) is 19.1 Å². The molecule has 1 aromatic heterocycles. The van der Waals surface area contributed by atoms with Gasteiger partial charge in [0.05, 0.1) is 17.2 Å². The molecule has 1 fully saturated rings. The van der Waals surface area contributed by atoms with Gasteiger partial charge in [-0.1, -0.05) is 27.7 Å². The number of halogens is 1. The first-order valence-electron chi connectivity index (χ1n) is 9.03. The molecule has 0 spiro atoms. The van der Waals surface area contributed by atoms with Crippen molar-refractivity contribution >= 4 is 17.5 Å². The molecule has 28 heavy (non-hydrogen) atoms. The van der Waals surface area contributed by atoms with Gasteiger partial charge in [0, 0.05) is 29.3 Å². The monoisotopic (exact) mass is 398 g/mol. The molecule has 0 radical (unpaired) electrons. The van der Waals surface area contributed by atoms with Gasteiger partial charge in [0.15, 0.2) is 0 Å². The largest absolute Gasteiger partial charge is 0.489 e. The lowest BCUT2D eigenvalue weighted by molar-refractivity contribution is -0.164. The maximum absolute atomic E-state index is 12.6. The fourth-order valence-electron chi connectivity index (χ4n) is 4.41. The molecule has 0 aliphatic heterocycles. The van der Waals surface area contributed by atoms with Gasteiger partial charge in [-0.15, -0.1) is 0 Å². The van der Waals surface area contributed by atoms with Crippen molar-refractivity contribution < 1.29 is 9.53 Å². The molecule has 0 unspecified atom stereocenters. The van der Waals surface area contributed by atoms with E-state index in [-0.39, 0.29) is 34.2 Å². The van der Waals surface area contributed by atoms with Crippen molar-refractivity contribution in [3.8, 4) is 11.8 Å². The fraction of sp³-hybridized carbons (Fsp3) is 0.429. The molecule has 6 nitrogen and oxygen atoms in total. The van der Waals surface area contributed by atoms with Gasteiger partial charge >= 0.3 is 0 Å². The Morgan fingerprint density at radius 3 is 2.36 bits per heavy atom. The lowest BCUT2D eigenvalue weighted by Gasteiger charge is -2.63. The summed E-state index contributed by atoms with van der Waals surface area (Å²) in [5, 5.41) is 12.3. The summed E-state index contributed by atoms with van der Waals surface area (Å²) in [6.45, 7) is 10.2. The minimum atomic E-state index is -0.297. The first-order chi connectivity index (χ1) is 13.1. The van der Waals surface area contributed by atoms with E-state index in [0.717, 1.165) is 11.3 Å². The summed E-state index contributed by atoms with van der Waals surface area (Å²) >= 11 is 5.69. The lowest BCUT2D eigenvalue weighted by atomic mass is 9.49. The number of nitrogens with one attached hydrogen (secondary N) is 1. The van der Waals surface area contributed by atoms with Crippen LogP contribution in [0.1, 0.15) is 49.2 Å². The highest BCUT2D eigenvalue weighted by Crippen LogP contribution is 2.55. The highest BCUT2D eigenvalue weighted by molar-refractivity contribution is 6.28. The Hall–Kier alpha value is -2.65. The lowest BCUT2D eigenvalue weighted by Crippen LogP contribution is -2.74. The van der Waals surface area contributed by atoms with Crippen LogP contribution in [0.15, 0.2) is 30.6 Å². The maximum Gasteiger partial charge on any atom is 0.254 e. The van der Waals surface area contributed by atoms with Crippen LogP contribution in [-0.4, -0.2) is 28.0 Å². The van der Waals surface area contributed by atoms with E-state index < -0.39 is 0 Å². The van der Waals surface area contributed by atoms with Crippen LogP contribution in [0.5, 0.6) is 5.75 Å². The molecule has 146 valence electrons. The smallest absolute Gasteiger partial charge is 0.254 e. The van der Waals surface area contributed by atoms with Gasteiger partial charge in [-0.2, -0.15) is 5.26 Å². The van der Waals surface area contributed by atoms with Crippen LogP contribution in [0.4, 0.5) is 0 Å². The highest BCUT2D eigenvalue weighted by atomic mass is 35.5. The molecule has 1 aromatic carbocycles. The first kappa shape index (κ1) is 20.1. The molecular weight excluding hydrogens is 376 g/mol. The minimum Gasteiger partial charge on any atom is -0.489 e. The Labute approximate surface area is 169 Å². The third-order valence-electron chi connectivity index (χ3n) is 5.57. The van der Waals surface area contributed by atoms with Crippen molar-refractivity contribution in [1.29, 1.82) is 5.26 Å². The van der Waals surface area contributed by atoms with Crippen LogP contribution >= 0.6 is 11.6 Å². The molecule has 3 rings (SSSR count). The predicted octanol–water partition coefficient (Wildman–Crippen LogP) is 3.92. The van der Waals surface area contributed by atoms with Crippen LogP contribution in [0.3, 0.4) is 0 Å². The number of benzene rings is 1. The topological polar surface area (TPSA) is 87.9 Å². The molecule has 1 heterocycles. The molecule has 0 atom stereocenters. The molecule has 1 aliphatic carbocycles. The number of carbonyl (C=O) groups is 1. The Morgan fingerprint density at radius 1 is 1.21 bits per heavy atom. The molecule has 1 aliphatic rings. The maximum atomic E-state index is 12.6. The van der Waals surface area contributed by atoms with Crippen LogP contribution in [0, 0.1) is 29.1 Å². The van der Waals surface area contributed by atoms with Crippen LogP contribution in [0.25, 0.3) is 0 Å². The Morgan fingerprint density at radius 2 is 1.82 bits per heavy atom. The van der Waals surface area contributed by atoms with E-state index in [4.69, 9.17) is 21.6 Å². The Balaban J connectivity index is 1.76. The molecular formula is C21H23ClN4O2. The van der Waals surface area contributed by atoms with Crippen molar-refractivity contribution in [2.45, 2.75) is 46.8 Å². The van der Waals surface area contributed by atoms with Crippen molar-refractivity contribution in [1.82, 2.24) is 15.3 Å². The summed E-state index contributed by atoms with van der Waals surface area (Å²) in [4.78, 5) is 20.3. The summed E-state index contributed by atoms with van der Waals surface area (Å²) < 4.78 is 6.29. The zero-order chi connectivity index (χ0) is 20.7. The Bertz CT molecular complexity index is 932. The van der Waals surface area contributed by atoms with Crippen molar-refractivity contribution in [2.75, 3.05) is 0 Å². The number of carbonyl (C=O) groups excluding carboxylic acids is 1. The van der Waals surface area contributed by atoms with Crippen molar-refractivity contribution in [3.05, 3.63) is 52.6 Å². The van der Waals surface area contributed by atoms with Gasteiger partial charge in [-0.3, -0.25) is 4.79 Å². The second-order valence-corrected chi connectivity index (χ2v) is 8.71. The number of nitriles is 1. The second kappa shape index (κ2) is 7.06. The van der Waals surface area contributed by atoms with Gasteiger partial charge in [-0.05, 0) is 42.3 Å². The number of hydrogen-bond donors (Lipinski definition) is 1. The van der Waals surface area contributed by atoms with E-state index in [2.05, 4.69) is 49.0 Å². The third kappa shape index (κ3) is 3.43. The molecule has 2 aromatic rings. The normalized spacial score (nSPS) is 21.9. The van der Waals surface area contributed by atoms with Crippen LogP contribution < -0.4 is 10.1 Å². The van der Waals surface area contributed by atoms with Gasteiger partial charge in [0.1, 0.15) is 11.9 Å². The van der Waals surface area contributed by atoms with Crippen LogP contribution in [-0.2, 0) is 0 Å². The summed E-state index contributed by atoms with van der Waals surface area (Å²) in [5.74, 6) is 0.481. The highest BCUT2D eigenvalue weighted by Gasteiger charge is 2.64. The van der Waals surface area contributed by atoms with Gasteiger partial charge < -0.3 is 10.1 Å². The minimum absolute atomic E-state index is 0.104. The zero-order valence-electron chi connectivity index (χ0n) is 16.6. The van der Waals surface area contributed by atoms with E-state index in [0.29, 0.717) is 11.1 Å². The standard InChI is InChI=1S/C21H23ClN4O2/c1-12-8-15(7-6-13(12)9-23)28-18-20(2,3)17(21(18,4)5)26-16(27)14-10-24-19(22)25-11-14/h6-8,10-11,17-18H,1-5H3,(H,26,27). The Kier molecular flexibility index (Phi) is 5.07. The van der Waals surface area contributed by atoms with E-state index in [1.165, 1.54) is 12.4 Å². The van der Waals surface area contributed by atoms with Gasteiger partial charge in [-0.25, -0.2) is 9.97 Å². The SMILES string of the molecule is Cc1cc(OC2C(C)(C)C(NC(=O)c3cnc(Cl)nc3)C2(C)C)ccc1C#N. The average Bonchev–Trinajstić information content (AvgIpc) is 2.64. The molecule has 1 N–H and O–H groups in total. The summed E-state index contributed by atoms with van der Waals surface area (Å²) in [6, 6.07) is 7.52. The molecule has 7 heteroatoms. The van der Waals surface area contributed by atoms with E-state index in [1.54, 1.807) is 6.07 Å². The van der Waals surface area contributed by atoms with E-state index in [9.17, 15) is 4.79 Å². The molecule has 1 amide bonds. The number of rotatable bonds is 4. The number of aromatic nitrogens is 2. The van der Waals surface area contributed by atoms with Gasteiger partial charge in [0.25, 0.3) is 5.91 Å². The first-order valence-corrected chi connectivity index (χ1v) is 9.41. The second-order valence-electron chi connectivity index (χ2n) is 8.38. The number of ether oxygens (including phenoxy) is 1. The summed E-state index contributed by atoms with van der Waals surface area (Å²) in [7, 11) is 0. The molecule has 0 bridgehead atoms. The molecule has 0 saturated heterocycles. The quantitative estimate of drug-likeness (QED) is 0.788. The fourth-order valence-corrected chi connectivity index (χ4v) is 4.51. The zero-order valence-corrected chi connectivity index (χ0v) is 17.3. The van der Waals surface area contributed by atoms with Crippen LogP contribution in [0.2, 0.25) is 5.28 Å². The van der Waals surface area contributed by atoms with Crippen molar-refractivity contribution in [2.24, 2.45) is 10.8 Å². The number of hydrogen-bond acceptors (Lipinski definition) is 5. The third-order valence-corrected chi connectivity index (χ3v) is 5.76. The molecule has 1 saturated carbocycles. The van der Waals surface area contributed by atoms with Gasteiger partial charge in [0.2, 0.25) is 5.28 Å². The summed E-state index contributed by atoms with van der Waals surface area (Å²) in [6.07, 6.45) is 2.72. The average molecular weight is 399 g/mol. The van der Waals surface area contributed by atoms with Crippen molar-refractivity contribution in [3.63, 3.8) is 0 Å². The number of aryl methyl sites for hydroxylation is 1. The number of amides is 1. The number of nitrogens with zero attached hydrogens (tertiary/aromatic N) is 3. The summed E-state index contributed by atoms with van der Waals surface area (Å²) in [5.41, 5.74) is 1.28. The van der Waals surface area contributed by atoms with E-state index >= 15 is 0 Å².